The predicted octanol–water partition coefficient (Wildman–Crippen LogP) is 7.08. The molecule has 0 aromatic heterocycles. The highest BCUT2D eigenvalue weighted by molar-refractivity contribution is 6.08. The van der Waals surface area contributed by atoms with Crippen LogP contribution < -0.4 is 20.9 Å². The number of anilines is 2. The maximum atomic E-state index is 13.7. The second kappa shape index (κ2) is 9.84. The lowest BCUT2D eigenvalue weighted by atomic mass is 9.98. The minimum atomic E-state index is -0.210. The second-order valence-corrected chi connectivity index (χ2v) is 10.5. The maximum absolute atomic E-state index is 13.7. The van der Waals surface area contributed by atoms with Gasteiger partial charge < -0.3 is 20.9 Å². The smallest absolute Gasteiger partial charge is 0.258 e. The molecule has 4 aromatic rings. The molecule has 6 rings (SSSR count). The van der Waals surface area contributed by atoms with Crippen LogP contribution in [0.4, 0.5) is 11.4 Å². The molecule has 0 aliphatic carbocycles. The van der Waals surface area contributed by atoms with Gasteiger partial charge >= 0.3 is 0 Å². The van der Waals surface area contributed by atoms with Gasteiger partial charge in [-0.2, -0.15) is 0 Å². The van der Waals surface area contributed by atoms with Gasteiger partial charge in [0, 0.05) is 46.7 Å². The van der Waals surface area contributed by atoms with E-state index in [0.29, 0.717) is 12.1 Å². The summed E-state index contributed by atoms with van der Waals surface area (Å²) in [6, 6.07) is 34.3. The van der Waals surface area contributed by atoms with Gasteiger partial charge in [-0.25, -0.2) is 0 Å². The van der Waals surface area contributed by atoms with Crippen LogP contribution in [0.25, 0.3) is 22.5 Å². The molecule has 0 unspecified atom stereocenters. The molecule has 5 nitrogen and oxygen atoms in total. The molecule has 39 heavy (non-hydrogen) atoms. The number of nitrogens with one attached hydrogen (secondary N) is 3. The molecule has 0 saturated carbocycles. The van der Waals surface area contributed by atoms with Gasteiger partial charge in [0.05, 0.1) is 11.4 Å². The molecule has 0 spiro atoms. The Bertz CT molecular complexity index is 1590. The van der Waals surface area contributed by atoms with Crippen LogP contribution >= 0.6 is 0 Å². The van der Waals surface area contributed by atoms with Crippen LogP contribution in [0.15, 0.2) is 115 Å². The van der Waals surface area contributed by atoms with E-state index in [4.69, 9.17) is 0 Å². The Labute approximate surface area is 229 Å². The van der Waals surface area contributed by atoms with Crippen LogP contribution in [0.5, 0.6) is 0 Å². The van der Waals surface area contributed by atoms with E-state index in [1.54, 1.807) is 0 Å². The van der Waals surface area contributed by atoms with Crippen molar-refractivity contribution in [3.05, 3.63) is 132 Å². The van der Waals surface area contributed by atoms with E-state index >= 15 is 0 Å². The summed E-state index contributed by atoms with van der Waals surface area (Å²) in [5, 5.41) is 10.6. The van der Waals surface area contributed by atoms with E-state index in [1.165, 1.54) is 0 Å². The molecule has 0 fully saturated rings. The normalized spacial score (nSPS) is 15.4. The summed E-state index contributed by atoms with van der Waals surface area (Å²) in [5.74, 6) is -0.0114. The first-order valence-corrected chi connectivity index (χ1v) is 13.3. The molecule has 2 heterocycles. The van der Waals surface area contributed by atoms with Gasteiger partial charge in [-0.05, 0) is 55.3 Å². The zero-order chi connectivity index (χ0) is 27.0. The Morgan fingerprint density at radius 1 is 0.821 bits per heavy atom. The molecule has 2 aliphatic heterocycles. The van der Waals surface area contributed by atoms with Crippen molar-refractivity contribution < 1.29 is 4.79 Å². The topological polar surface area (TPSA) is 56.4 Å². The van der Waals surface area contributed by atoms with Gasteiger partial charge in [0.15, 0.2) is 0 Å². The highest BCUT2D eigenvalue weighted by Gasteiger charge is 2.34. The monoisotopic (exact) mass is 512 g/mol. The van der Waals surface area contributed by atoms with Gasteiger partial charge in [0.2, 0.25) is 0 Å². The molecule has 2 aliphatic rings. The fraction of sp³-hybridized carbons (Fsp3) is 0.147. The van der Waals surface area contributed by atoms with Crippen molar-refractivity contribution in [2.75, 3.05) is 16.8 Å². The molecule has 4 aromatic carbocycles. The summed E-state index contributed by atoms with van der Waals surface area (Å²) in [7, 11) is 0. The molecule has 1 amide bonds. The van der Waals surface area contributed by atoms with Crippen LogP contribution in [0.3, 0.4) is 0 Å². The summed E-state index contributed by atoms with van der Waals surface area (Å²) in [4.78, 5) is 15.6. The number of carbonyl (C=O) groups is 1. The lowest BCUT2D eigenvalue weighted by molar-refractivity contribution is 0.0987. The quantitative estimate of drug-likeness (QED) is 0.267. The number of nitrogens with zero attached hydrogens (tertiary/aromatic N) is 1. The predicted molar refractivity (Wildman–Crippen MR) is 161 cm³/mol. The summed E-state index contributed by atoms with van der Waals surface area (Å²) in [6.07, 6.45) is 0.756. The molecule has 194 valence electrons. The number of hydrogen-bond donors (Lipinski definition) is 3. The number of carbonyl (C=O) groups excluding carboxylic acids is 1. The molecule has 0 saturated heterocycles. The third-order valence-corrected chi connectivity index (χ3v) is 7.26. The van der Waals surface area contributed by atoms with Crippen LogP contribution in [0.1, 0.15) is 41.8 Å². The summed E-state index contributed by atoms with van der Waals surface area (Å²) in [6.45, 7) is 9.16. The van der Waals surface area contributed by atoms with Gasteiger partial charge in [-0.3, -0.25) is 4.79 Å². The fourth-order valence-corrected chi connectivity index (χ4v) is 5.46. The van der Waals surface area contributed by atoms with Crippen LogP contribution in [0.2, 0.25) is 0 Å². The number of rotatable bonds is 5. The van der Waals surface area contributed by atoms with Crippen molar-refractivity contribution in [2.45, 2.75) is 25.9 Å². The summed E-state index contributed by atoms with van der Waals surface area (Å²) < 4.78 is 0. The third-order valence-electron chi connectivity index (χ3n) is 7.26. The Morgan fingerprint density at radius 3 is 2.26 bits per heavy atom. The first kappa shape index (κ1) is 24.6. The molecule has 5 heteroatoms. The summed E-state index contributed by atoms with van der Waals surface area (Å²) >= 11 is 0. The first-order valence-electron chi connectivity index (χ1n) is 13.3. The Balaban J connectivity index is 1.21. The number of fused-ring (bicyclic) bond motifs is 2. The van der Waals surface area contributed by atoms with Crippen molar-refractivity contribution >= 4 is 28.7 Å². The minimum Gasteiger partial charge on any atom is -0.365 e. The standard InChI is InChI=1S/C34H32N4O/c1-23(27-13-7-8-14-28(27)24-11-5-4-6-12-24)35-26-19-17-25(18-20-26)33(39)38-22-21-30-32(37-34(2,3)36-30)29-15-9-10-16-31(29)38/h4-20,35-37H,1,21-22H2,2-3H3. The largest absolute Gasteiger partial charge is 0.365 e. The number of benzene rings is 4. The lowest BCUT2D eigenvalue weighted by Gasteiger charge is -2.27. The second-order valence-electron chi connectivity index (χ2n) is 10.5. The van der Waals surface area contributed by atoms with Gasteiger partial charge in [-0.1, -0.05) is 79.4 Å². The minimum absolute atomic E-state index is 0.0114. The lowest BCUT2D eigenvalue weighted by Crippen LogP contribution is -2.44. The zero-order valence-electron chi connectivity index (χ0n) is 22.3. The highest BCUT2D eigenvalue weighted by atomic mass is 16.2. The van der Waals surface area contributed by atoms with E-state index in [1.807, 2.05) is 77.7 Å². The van der Waals surface area contributed by atoms with Gasteiger partial charge in [-0.15, -0.1) is 0 Å². The highest BCUT2D eigenvalue weighted by Crippen LogP contribution is 2.37. The maximum Gasteiger partial charge on any atom is 0.258 e. The molecule has 0 radical (unpaired) electrons. The van der Waals surface area contributed by atoms with Gasteiger partial charge in [0.1, 0.15) is 5.66 Å². The number of amides is 1. The molecular weight excluding hydrogens is 480 g/mol. The number of para-hydroxylation sites is 1. The Morgan fingerprint density at radius 2 is 1.49 bits per heavy atom. The van der Waals surface area contributed by atoms with Crippen molar-refractivity contribution in [1.29, 1.82) is 0 Å². The molecule has 0 atom stereocenters. The fourth-order valence-electron chi connectivity index (χ4n) is 5.46. The molecule has 3 N–H and O–H groups in total. The van der Waals surface area contributed by atoms with E-state index in [9.17, 15) is 4.79 Å². The Kier molecular flexibility index (Phi) is 6.20. The van der Waals surface area contributed by atoms with Crippen molar-refractivity contribution in [3.63, 3.8) is 0 Å². The van der Waals surface area contributed by atoms with E-state index in [-0.39, 0.29) is 11.6 Å². The average Bonchev–Trinajstić information content (AvgIpc) is 3.20. The molecule has 0 bridgehead atoms. The Hall–Kier alpha value is -4.77. The van der Waals surface area contributed by atoms with Crippen LogP contribution in [0, 0.1) is 0 Å². The van der Waals surface area contributed by atoms with Crippen molar-refractivity contribution in [2.24, 2.45) is 0 Å². The average molecular weight is 513 g/mol. The van der Waals surface area contributed by atoms with Crippen molar-refractivity contribution in [3.8, 4) is 11.1 Å². The van der Waals surface area contributed by atoms with Crippen molar-refractivity contribution in [1.82, 2.24) is 10.6 Å². The zero-order valence-corrected chi connectivity index (χ0v) is 22.3. The summed E-state index contributed by atoms with van der Waals surface area (Å²) in [5.41, 5.74) is 9.62. The third kappa shape index (κ3) is 4.79. The van der Waals surface area contributed by atoms with E-state index in [2.05, 4.69) is 66.7 Å². The van der Waals surface area contributed by atoms with E-state index < -0.39 is 0 Å². The SMILES string of the molecule is C=C(Nc1ccc(C(=O)N2CCC3=C(NC(C)(C)N3)c3ccccc32)cc1)c1ccccc1-c1ccccc1. The van der Waals surface area contributed by atoms with Crippen LogP contribution in [-0.4, -0.2) is 18.1 Å². The van der Waals surface area contributed by atoms with Crippen LogP contribution in [-0.2, 0) is 0 Å². The first-order chi connectivity index (χ1) is 18.9. The number of hydrogen-bond acceptors (Lipinski definition) is 4. The molecular formula is C34H32N4O. The van der Waals surface area contributed by atoms with Gasteiger partial charge in [0.25, 0.3) is 5.91 Å². The van der Waals surface area contributed by atoms with E-state index in [0.717, 1.165) is 57.1 Å².